The number of allylic oxidation sites excluding steroid dienone is 3. The quantitative estimate of drug-likeness (QED) is 0.203. The van der Waals surface area contributed by atoms with Crippen molar-refractivity contribution in [3.8, 4) is 11.5 Å². The monoisotopic (exact) mass is 690 g/mol. The van der Waals surface area contributed by atoms with E-state index in [1.807, 2.05) is 6.08 Å². The zero-order chi connectivity index (χ0) is 29.7. The minimum atomic E-state index is -1.92. The first-order valence-electron chi connectivity index (χ1n) is 13.3. The molecule has 1 saturated carbocycles. The molecule has 216 valence electrons. The Balaban J connectivity index is 1.36. The fraction of sp³-hybridized carbons (Fsp3) is 0.333. The summed E-state index contributed by atoms with van der Waals surface area (Å²) in [4.78, 5) is 53.8. The van der Waals surface area contributed by atoms with Crippen LogP contribution in [0.15, 0.2) is 65.9 Å². The van der Waals surface area contributed by atoms with Crippen molar-refractivity contribution < 1.29 is 29.0 Å². The van der Waals surface area contributed by atoms with Gasteiger partial charge in [0, 0.05) is 22.9 Å². The summed E-state index contributed by atoms with van der Waals surface area (Å²) in [7, 11) is 0. The zero-order valence-corrected chi connectivity index (χ0v) is 25.6. The van der Waals surface area contributed by atoms with Gasteiger partial charge in [-0.2, -0.15) is 0 Å². The van der Waals surface area contributed by atoms with Crippen molar-refractivity contribution in [2.45, 2.75) is 29.0 Å². The molecule has 0 aromatic heterocycles. The van der Waals surface area contributed by atoms with Crippen molar-refractivity contribution in [1.29, 1.82) is 0 Å². The highest BCUT2D eigenvalue weighted by molar-refractivity contribution is 9.09. The predicted octanol–water partition coefficient (Wildman–Crippen LogP) is 5.31. The first-order chi connectivity index (χ1) is 20.0. The lowest BCUT2D eigenvalue weighted by Crippen LogP contribution is -2.61. The van der Waals surface area contributed by atoms with Crippen LogP contribution in [0.4, 0.5) is 5.69 Å². The summed E-state index contributed by atoms with van der Waals surface area (Å²) in [5.74, 6) is -4.51. The molecular weight excluding hydrogens is 671 g/mol. The molecule has 8 nitrogen and oxygen atoms in total. The van der Waals surface area contributed by atoms with E-state index in [0.29, 0.717) is 33.2 Å². The van der Waals surface area contributed by atoms with Gasteiger partial charge in [0.25, 0.3) is 11.8 Å². The Kier molecular flexibility index (Phi) is 6.37. The Hall–Kier alpha value is -2.85. The number of carbonyl (C=O) groups is 4. The minimum absolute atomic E-state index is 0.0436. The minimum Gasteiger partial charge on any atom is -0.508 e. The molecule has 2 aromatic rings. The third-order valence-corrected chi connectivity index (χ3v) is 11.4. The molecule has 1 N–H and O–H groups in total. The Morgan fingerprint density at radius 3 is 2.45 bits per heavy atom. The third kappa shape index (κ3) is 3.60. The van der Waals surface area contributed by atoms with E-state index in [1.165, 1.54) is 17.2 Å². The van der Waals surface area contributed by atoms with Crippen molar-refractivity contribution in [2.24, 2.45) is 23.7 Å². The molecule has 42 heavy (non-hydrogen) atoms. The summed E-state index contributed by atoms with van der Waals surface area (Å²) in [5.41, 5.74) is 2.22. The molecule has 4 amide bonds. The molecule has 3 aliphatic heterocycles. The number of rotatable bonds is 3. The number of hydrogen-bond acceptors (Lipinski definition) is 6. The number of phenols is 1. The van der Waals surface area contributed by atoms with Crippen LogP contribution < -0.4 is 9.64 Å². The number of phenolic OH excluding ortho intramolecular Hbond substituents is 1. The Bertz CT molecular complexity index is 1660. The fourth-order valence-electron chi connectivity index (χ4n) is 7.41. The number of hydrogen-bond donors (Lipinski definition) is 1. The summed E-state index contributed by atoms with van der Waals surface area (Å²) >= 11 is 23.8. The second kappa shape index (κ2) is 9.58. The van der Waals surface area contributed by atoms with Crippen molar-refractivity contribution >= 4 is 80.0 Å². The Morgan fingerprint density at radius 2 is 1.74 bits per heavy atom. The third-order valence-electron chi connectivity index (χ3n) is 9.25. The molecule has 3 fully saturated rings. The molecule has 0 radical (unpaired) electrons. The molecule has 6 unspecified atom stereocenters. The van der Waals surface area contributed by atoms with Crippen molar-refractivity contribution in [3.05, 3.63) is 76.5 Å². The highest BCUT2D eigenvalue weighted by atomic mass is 79.9. The van der Waals surface area contributed by atoms with Gasteiger partial charge in [-0.1, -0.05) is 39.2 Å². The van der Waals surface area contributed by atoms with Crippen LogP contribution in [-0.2, 0) is 25.6 Å². The van der Waals surface area contributed by atoms with Gasteiger partial charge in [0.15, 0.2) is 9.75 Å². The first kappa shape index (κ1) is 28.0. The molecule has 2 saturated heterocycles. The topological polar surface area (TPSA) is 104 Å². The van der Waals surface area contributed by atoms with E-state index in [0.717, 1.165) is 4.90 Å². The van der Waals surface area contributed by atoms with Gasteiger partial charge in [-0.3, -0.25) is 29.0 Å². The number of imide groups is 2. The summed E-state index contributed by atoms with van der Waals surface area (Å²) < 4.78 is 5.91. The highest BCUT2D eigenvalue weighted by Gasteiger charge is 2.76. The predicted molar refractivity (Wildman–Crippen MR) is 159 cm³/mol. The maximum Gasteiger partial charge on any atom is 0.254 e. The van der Waals surface area contributed by atoms with E-state index >= 15 is 0 Å². The highest BCUT2D eigenvalue weighted by Crippen LogP contribution is 2.65. The fourth-order valence-corrected chi connectivity index (χ4v) is 8.97. The largest absolute Gasteiger partial charge is 0.508 e. The Labute approximate surface area is 263 Å². The first-order valence-corrected chi connectivity index (χ1v) is 15.6. The van der Waals surface area contributed by atoms with Crippen molar-refractivity contribution in [3.63, 3.8) is 0 Å². The van der Waals surface area contributed by atoms with Crippen LogP contribution in [0, 0.1) is 23.7 Å². The number of alkyl halides is 3. The number of likely N-dealkylation sites (tertiary alicyclic amines) is 1. The van der Waals surface area contributed by atoms with Crippen LogP contribution in [0.5, 0.6) is 11.5 Å². The second-order valence-corrected chi connectivity index (χ2v) is 13.4. The number of halogens is 4. The van der Waals surface area contributed by atoms with Crippen LogP contribution >= 0.6 is 50.7 Å². The lowest BCUT2D eigenvalue weighted by atomic mass is 9.56. The van der Waals surface area contributed by atoms with E-state index < -0.39 is 51.1 Å². The van der Waals surface area contributed by atoms with E-state index in [2.05, 4.69) is 15.9 Å². The van der Waals surface area contributed by atoms with Crippen LogP contribution in [0.3, 0.4) is 0 Å². The number of anilines is 1. The molecular formula is C30H22BrCl3N2O6. The zero-order valence-electron chi connectivity index (χ0n) is 21.7. The van der Waals surface area contributed by atoms with E-state index in [-0.39, 0.29) is 36.4 Å². The molecule has 3 heterocycles. The Morgan fingerprint density at radius 1 is 1.00 bits per heavy atom. The SMILES string of the molecule is O=C1C2CC=C3C(CC4(Cl)C(=O)N(CBr)C(=O)C4(Cl)C3C3=COc4ccc(O)cc4C3)C2C(=O)N1c1ccc(Cl)cc1. The van der Waals surface area contributed by atoms with Gasteiger partial charge in [-0.05, 0) is 66.8 Å². The maximum atomic E-state index is 14.0. The van der Waals surface area contributed by atoms with E-state index in [1.54, 1.807) is 36.4 Å². The standard InChI is InChI=1S/C30H22BrCl3N2O6/c31-13-35-27(40)29(33)11-21-19(6-7-20-23(21)26(39)36(25(20)38)17-3-1-16(32)2-4-17)24(30(29,34)28(35)41)15-9-14-10-18(37)5-8-22(14)42-12-15/h1-6,8,10,12,20-21,23-24,37H,7,9,11,13H2. The molecule has 2 aliphatic carbocycles. The van der Waals surface area contributed by atoms with E-state index in [4.69, 9.17) is 39.5 Å². The summed E-state index contributed by atoms with van der Waals surface area (Å²) in [5, 5.41) is 10.6. The number of aromatic hydroxyl groups is 1. The van der Waals surface area contributed by atoms with Crippen molar-refractivity contribution in [2.75, 3.05) is 10.4 Å². The molecule has 12 heteroatoms. The lowest BCUT2D eigenvalue weighted by Gasteiger charge is -2.51. The smallest absolute Gasteiger partial charge is 0.254 e. The average molecular weight is 693 g/mol. The van der Waals surface area contributed by atoms with Crippen LogP contribution in [0.1, 0.15) is 18.4 Å². The van der Waals surface area contributed by atoms with Gasteiger partial charge < -0.3 is 9.84 Å². The molecule has 7 rings (SSSR count). The second-order valence-electron chi connectivity index (χ2n) is 11.3. The number of benzene rings is 2. The molecule has 5 aliphatic rings. The number of carbonyl (C=O) groups excluding carboxylic acids is 4. The van der Waals surface area contributed by atoms with Gasteiger partial charge in [0.2, 0.25) is 11.8 Å². The average Bonchev–Trinajstić information content (AvgIpc) is 3.30. The van der Waals surface area contributed by atoms with Gasteiger partial charge in [-0.15, -0.1) is 23.2 Å². The normalized spacial score (nSPS) is 33.4. The maximum absolute atomic E-state index is 14.0. The lowest BCUT2D eigenvalue weighted by molar-refractivity contribution is -0.138. The van der Waals surface area contributed by atoms with E-state index in [9.17, 15) is 24.3 Å². The molecule has 6 atom stereocenters. The van der Waals surface area contributed by atoms with Gasteiger partial charge in [0.1, 0.15) is 11.5 Å². The number of ether oxygens (including phenoxy) is 1. The van der Waals surface area contributed by atoms with Crippen molar-refractivity contribution in [1.82, 2.24) is 4.90 Å². The number of nitrogens with zero attached hydrogens (tertiary/aromatic N) is 2. The molecule has 0 spiro atoms. The summed E-state index contributed by atoms with van der Waals surface area (Å²) in [6, 6.07) is 11.2. The van der Waals surface area contributed by atoms with Crippen LogP contribution in [0.2, 0.25) is 5.02 Å². The van der Waals surface area contributed by atoms with Gasteiger partial charge in [-0.25, -0.2) is 0 Å². The summed E-state index contributed by atoms with van der Waals surface area (Å²) in [6.07, 6.45) is 3.79. The van der Waals surface area contributed by atoms with Crippen LogP contribution in [-0.4, -0.2) is 48.8 Å². The summed E-state index contributed by atoms with van der Waals surface area (Å²) in [6.45, 7) is 0. The number of fused-ring (bicyclic) bond motifs is 5. The van der Waals surface area contributed by atoms with Gasteiger partial charge in [0.05, 0.1) is 29.2 Å². The van der Waals surface area contributed by atoms with Crippen LogP contribution in [0.25, 0.3) is 0 Å². The molecule has 0 bridgehead atoms. The number of amides is 4. The molecule has 2 aromatic carbocycles. The van der Waals surface area contributed by atoms with Gasteiger partial charge >= 0.3 is 0 Å².